The molecule has 40 heavy (non-hydrogen) atoms. The van der Waals surface area contributed by atoms with Crippen molar-refractivity contribution in [3.05, 3.63) is 47.8 Å². The maximum atomic E-state index is 14.8. The highest BCUT2D eigenvalue weighted by molar-refractivity contribution is 5.97. The minimum Gasteiger partial charge on any atom is -0.452 e. The number of fused-ring (bicyclic) bond motifs is 4. The molecule has 2 aromatic rings. The normalized spacial score (nSPS) is 18.4. The van der Waals surface area contributed by atoms with E-state index in [-0.39, 0.29) is 5.69 Å². The van der Waals surface area contributed by atoms with Gasteiger partial charge in [-0.25, -0.2) is 9.59 Å². The predicted octanol–water partition coefficient (Wildman–Crippen LogP) is 6.27. The zero-order valence-electron chi connectivity index (χ0n) is 22.3. The highest BCUT2D eigenvalue weighted by Crippen LogP contribution is 2.37. The van der Waals surface area contributed by atoms with E-state index in [0.717, 1.165) is 12.1 Å². The summed E-state index contributed by atoms with van der Waals surface area (Å²) in [7, 11) is 0. The first-order valence-corrected chi connectivity index (χ1v) is 12.5. The number of aromatic nitrogens is 1. The molecule has 0 saturated carbocycles. The van der Waals surface area contributed by atoms with Crippen molar-refractivity contribution in [1.82, 2.24) is 10.3 Å². The molecule has 1 aliphatic heterocycles. The number of hydrogen-bond acceptors (Lipinski definition) is 6. The molecule has 1 aromatic heterocycles. The maximum absolute atomic E-state index is 14.8. The number of pyridine rings is 1. The van der Waals surface area contributed by atoms with Crippen LogP contribution in [-0.4, -0.2) is 41.3 Å². The van der Waals surface area contributed by atoms with Crippen LogP contribution >= 0.6 is 0 Å². The van der Waals surface area contributed by atoms with E-state index in [1.54, 1.807) is 39.8 Å². The fraction of sp³-hybridized carbons (Fsp3) is 0.481. The van der Waals surface area contributed by atoms with Crippen LogP contribution in [-0.2, 0) is 25.0 Å². The van der Waals surface area contributed by atoms with Crippen LogP contribution in [0.1, 0.15) is 64.3 Å². The lowest BCUT2D eigenvalue weighted by Gasteiger charge is -2.25. The van der Waals surface area contributed by atoms with Gasteiger partial charge in [0, 0.05) is 28.9 Å². The number of hydrogen-bond donors (Lipinski definition) is 2. The molecule has 1 aliphatic rings. The molecule has 1 aromatic carbocycles. The van der Waals surface area contributed by atoms with Crippen LogP contribution in [0.15, 0.2) is 36.5 Å². The predicted molar refractivity (Wildman–Crippen MR) is 134 cm³/mol. The van der Waals surface area contributed by atoms with E-state index in [1.807, 2.05) is 0 Å². The van der Waals surface area contributed by atoms with E-state index in [2.05, 4.69) is 20.4 Å². The number of benzene rings is 1. The fourth-order valence-corrected chi connectivity index (χ4v) is 4.01. The lowest BCUT2D eigenvalue weighted by atomic mass is 9.94. The van der Waals surface area contributed by atoms with Gasteiger partial charge in [-0.3, -0.25) is 9.78 Å². The number of carbonyl (C=O) groups is 3. The number of esters is 1. The summed E-state index contributed by atoms with van der Waals surface area (Å²) in [6.07, 6.45) is -3.25. The topological polar surface area (TPSA) is 107 Å². The van der Waals surface area contributed by atoms with Crippen molar-refractivity contribution in [3.8, 4) is 11.1 Å². The Balaban J connectivity index is 2.00. The van der Waals surface area contributed by atoms with Gasteiger partial charge in [0.05, 0.1) is 11.7 Å². The minimum absolute atomic E-state index is 0.0226. The summed E-state index contributed by atoms with van der Waals surface area (Å²) in [4.78, 5) is 40.8. The van der Waals surface area contributed by atoms with Gasteiger partial charge in [-0.1, -0.05) is 25.5 Å². The quantitative estimate of drug-likeness (QED) is 0.331. The molecule has 2 bridgehead atoms. The van der Waals surface area contributed by atoms with Crippen LogP contribution in [0.4, 0.5) is 32.4 Å². The zero-order chi connectivity index (χ0) is 29.9. The number of halogens is 5. The second-order valence-electron chi connectivity index (χ2n) is 10.5. The molecule has 3 rings (SSSR count). The summed E-state index contributed by atoms with van der Waals surface area (Å²) < 4.78 is 76.0. The second kappa shape index (κ2) is 11.8. The molecule has 0 aliphatic carbocycles. The summed E-state index contributed by atoms with van der Waals surface area (Å²) >= 11 is 0. The first kappa shape index (κ1) is 30.8. The molecule has 13 heteroatoms. The number of alkyl carbamates (subject to hydrolysis) is 1. The average molecular weight is 572 g/mol. The van der Waals surface area contributed by atoms with Crippen molar-refractivity contribution in [3.63, 3.8) is 0 Å². The highest BCUT2D eigenvalue weighted by atomic mass is 19.4. The Bertz CT molecular complexity index is 1260. The van der Waals surface area contributed by atoms with E-state index in [0.29, 0.717) is 36.1 Å². The summed E-state index contributed by atoms with van der Waals surface area (Å²) in [6.45, 7) is 4.99. The fourth-order valence-electron chi connectivity index (χ4n) is 4.01. The number of nitrogens with one attached hydrogen (secondary N) is 2. The third-order valence-corrected chi connectivity index (χ3v) is 6.03. The van der Waals surface area contributed by atoms with Crippen molar-refractivity contribution in [1.29, 1.82) is 0 Å². The number of carbonyl (C=O) groups excluding carboxylic acids is 3. The Kier molecular flexibility index (Phi) is 9.05. The maximum Gasteiger partial charge on any atom is 0.490 e. The molecule has 0 fully saturated rings. The van der Waals surface area contributed by atoms with Gasteiger partial charge in [-0.15, -0.1) is 0 Å². The largest absolute Gasteiger partial charge is 0.490 e. The molecule has 0 saturated heterocycles. The zero-order valence-corrected chi connectivity index (χ0v) is 22.3. The van der Waals surface area contributed by atoms with Crippen LogP contribution in [0, 0.1) is 5.92 Å². The van der Waals surface area contributed by atoms with Gasteiger partial charge in [0.2, 0.25) is 5.91 Å². The van der Waals surface area contributed by atoms with Gasteiger partial charge in [-0.2, -0.15) is 22.0 Å². The number of rotatable bonds is 4. The van der Waals surface area contributed by atoms with Gasteiger partial charge in [0.15, 0.2) is 6.61 Å². The van der Waals surface area contributed by atoms with Gasteiger partial charge in [-0.05, 0) is 57.4 Å². The molecule has 218 valence electrons. The van der Waals surface area contributed by atoms with E-state index in [4.69, 9.17) is 4.74 Å². The van der Waals surface area contributed by atoms with Crippen molar-refractivity contribution in [2.45, 2.75) is 70.7 Å². The molecule has 2 amide bonds. The summed E-state index contributed by atoms with van der Waals surface area (Å²) in [6, 6.07) is 5.83. The monoisotopic (exact) mass is 571 g/mol. The highest BCUT2D eigenvalue weighted by Gasteiger charge is 2.44. The van der Waals surface area contributed by atoms with Crippen LogP contribution in [0.5, 0.6) is 0 Å². The number of ether oxygens (including phenoxy) is 2. The minimum atomic E-state index is -5.42. The third kappa shape index (κ3) is 8.12. The Morgan fingerprint density at radius 2 is 1.77 bits per heavy atom. The Morgan fingerprint density at radius 1 is 1.07 bits per heavy atom. The van der Waals surface area contributed by atoms with Gasteiger partial charge in [0.1, 0.15) is 5.60 Å². The van der Waals surface area contributed by atoms with E-state index < -0.39 is 59.8 Å². The second-order valence-corrected chi connectivity index (χ2v) is 10.5. The number of amides is 2. The van der Waals surface area contributed by atoms with Crippen molar-refractivity contribution in [2.75, 3.05) is 11.9 Å². The Hall–Kier alpha value is -3.77. The SMILES string of the molecule is C[C@@H]1CCC[C@H](NC(=O)OC(C)(C)C)c2cc(ccn2)-c2ccc(C(F)(F)COC(=O)C(F)(F)F)cc2NC1=O. The summed E-state index contributed by atoms with van der Waals surface area (Å²) in [5, 5.41) is 5.44. The standard InChI is InChI=1S/C27H30F5N3O5/c1-15-6-5-7-19(35-24(38)40-25(2,3)4)21-12-16(10-11-33-21)18-9-8-17(13-20(18)34-22(15)36)26(28,29)14-39-23(37)27(30,31)32/h8-13,15,19H,5-7,14H2,1-4H3,(H,34,36)(H,35,38)/t15-,19+/m1/s1. The van der Waals surface area contributed by atoms with E-state index >= 15 is 0 Å². The smallest absolute Gasteiger partial charge is 0.452 e. The molecular weight excluding hydrogens is 541 g/mol. The van der Waals surface area contributed by atoms with E-state index in [9.17, 15) is 36.3 Å². The van der Waals surface area contributed by atoms with Crippen LogP contribution in [0.2, 0.25) is 0 Å². The van der Waals surface area contributed by atoms with Crippen molar-refractivity contribution in [2.24, 2.45) is 5.92 Å². The molecular formula is C27H30F5N3O5. The Labute approximate surface area is 227 Å². The molecule has 8 nitrogen and oxygen atoms in total. The lowest BCUT2D eigenvalue weighted by molar-refractivity contribution is -0.208. The van der Waals surface area contributed by atoms with Crippen molar-refractivity contribution < 1.29 is 45.8 Å². The van der Waals surface area contributed by atoms with Gasteiger partial charge >= 0.3 is 24.2 Å². The van der Waals surface area contributed by atoms with E-state index in [1.165, 1.54) is 12.3 Å². The van der Waals surface area contributed by atoms with Crippen LogP contribution in [0.3, 0.4) is 0 Å². The number of nitrogens with zero attached hydrogens (tertiary/aromatic N) is 1. The Morgan fingerprint density at radius 3 is 2.42 bits per heavy atom. The van der Waals surface area contributed by atoms with Gasteiger partial charge < -0.3 is 20.1 Å². The van der Waals surface area contributed by atoms with Gasteiger partial charge in [0.25, 0.3) is 0 Å². The molecule has 0 radical (unpaired) electrons. The number of anilines is 1. The first-order valence-electron chi connectivity index (χ1n) is 12.5. The van der Waals surface area contributed by atoms with Crippen LogP contribution < -0.4 is 10.6 Å². The molecule has 2 N–H and O–H groups in total. The average Bonchev–Trinajstić information content (AvgIpc) is 2.84. The lowest BCUT2D eigenvalue weighted by Crippen LogP contribution is -2.35. The third-order valence-electron chi connectivity index (χ3n) is 6.03. The summed E-state index contributed by atoms with van der Waals surface area (Å²) in [5.74, 6) is -7.73. The molecule has 0 spiro atoms. The van der Waals surface area contributed by atoms with Crippen molar-refractivity contribution >= 4 is 23.7 Å². The molecule has 2 atom stereocenters. The number of alkyl halides is 5. The molecule has 2 heterocycles. The first-order chi connectivity index (χ1) is 18.5. The van der Waals surface area contributed by atoms with Crippen LogP contribution in [0.25, 0.3) is 11.1 Å². The summed E-state index contributed by atoms with van der Waals surface area (Å²) in [5.41, 5.74) is -0.246. The molecule has 0 unspecified atom stereocenters.